The van der Waals surface area contributed by atoms with E-state index in [0.717, 1.165) is 0 Å². The van der Waals surface area contributed by atoms with E-state index in [1.807, 2.05) is 0 Å². The molecule has 0 radical (unpaired) electrons. The molecule has 0 heterocycles. The Morgan fingerprint density at radius 1 is 1.23 bits per heavy atom. The third kappa shape index (κ3) is 2.37. The Bertz CT molecular complexity index is 321. The Morgan fingerprint density at radius 2 is 1.77 bits per heavy atom. The van der Waals surface area contributed by atoms with Gasteiger partial charge in [-0.15, -0.1) is 0 Å². The normalized spacial score (nSPS) is 12.2. The summed E-state index contributed by atoms with van der Waals surface area (Å²) in [6.45, 7) is 0. The highest BCUT2D eigenvalue weighted by atomic mass is 35.5. The van der Waals surface area contributed by atoms with Gasteiger partial charge < -0.3 is 5.11 Å². The Kier molecular flexibility index (Phi) is 3.17. The van der Waals surface area contributed by atoms with Gasteiger partial charge in [0.2, 0.25) is 5.78 Å². The van der Waals surface area contributed by atoms with Crippen LogP contribution in [0.2, 0.25) is 0 Å². The highest BCUT2D eigenvalue weighted by Gasteiger charge is 2.22. The molecule has 0 saturated carbocycles. The molecule has 4 heteroatoms. The molecule has 13 heavy (non-hydrogen) atoms. The summed E-state index contributed by atoms with van der Waals surface area (Å²) in [5.74, 6) is -1.01. The lowest BCUT2D eigenvalue weighted by Crippen LogP contribution is -2.17. The number of halogens is 1. The van der Waals surface area contributed by atoms with Crippen LogP contribution >= 0.6 is 11.6 Å². The highest BCUT2D eigenvalue weighted by Crippen LogP contribution is 2.13. The van der Waals surface area contributed by atoms with E-state index in [2.05, 4.69) is 0 Å². The Hall–Kier alpha value is -1.19. The lowest BCUT2D eigenvalue weighted by atomic mass is 10.1. The third-order valence-corrected chi connectivity index (χ3v) is 1.74. The third-order valence-electron chi connectivity index (χ3n) is 1.56. The predicted molar refractivity (Wildman–Crippen MR) is 47.3 cm³/mol. The average Bonchev–Trinajstić information content (AvgIpc) is 2.17. The average molecular weight is 199 g/mol. The fourth-order valence-corrected chi connectivity index (χ4v) is 0.998. The number of aliphatic hydroxyl groups excluding tert-OH is 1. The van der Waals surface area contributed by atoms with E-state index in [4.69, 9.17) is 11.6 Å². The van der Waals surface area contributed by atoms with Gasteiger partial charge in [0.1, 0.15) is 6.10 Å². The predicted octanol–water partition coefficient (Wildman–Crippen LogP) is 1.05. The van der Waals surface area contributed by atoms with E-state index >= 15 is 0 Å². The van der Waals surface area contributed by atoms with Gasteiger partial charge in [0.05, 0.1) is 0 Å². The number of carbonyl (C=O) groups is 2. The molecule has 1 aromatic rings. The van der Waals surface area contributed by atoms with Crippen molar-refractivity contribution in [2.45, 2.75) is 6.10 Å². The number of carbonyl (C=O) groups excluding carboxylic acids is 2. The first-order chi connectivity index (χ1) is 6.13. The van der Waals surface area contributed by atoms with Gasteiger partial charge in [-0.2, -0.15) is 0 Å². The molecule has 1 unspecified atom stereocenters. The fourth-order valence-electron chi connectivity index (χ4n) is 0.894. The highest BCUT2D eigenvalue weighted by molar-refractivity contribution is 6.81. The Morgan fingerprint density at radius 3 is 2.23 bits per heavy atom. The number of hydrogen-bond acceptors (Lipinski definition) is 3. The number of benzene rings is 1. The van der Waals surface area contributed by atoms with Crippen LogP contribution in [0.4, 0.5) is 0 Å². The first-order valence-electron chi connectivity index (χ1n) is 3.59. The monoisotopic (exact) mass is 198 g/mol. The second kappa shape index (κ2) is 4.16. The molecule has 68 valence electrons. The molecular weight excluding hydrogens is 192 g/mol. The zero-order valence-corrected chi connectivity index (χ0v) is 7.36. The van der Waals surface area contributed by atoms with Crippen LogP contribution in [0, 0.1) is 0 Å². The summed E-state index contributed by atoms with van der Waals surface area (Å²) >= 11 is 4.92. The molecule has 0 aliphatic carbocycles. The van der Waals surface area contributed by atoms with Crippen molar-refractivity contribution in [1.82, 2.24) is 0 Å². The first kappa shape index (κ1) is 9.89. The second-order valence-corrected chi connectivity index (χ2v) is 2.79. The van der Waals surface area contributed by atoms with E-state index in [0.29, 0.717) is 5.56 Å². The molecule has 0 aliphatic rings. The van der Waals surface area contributed by atoms with Crippen LogP contribution < -0.4 is 0 Å². The topological polar surface area (TPSA) is 54.4 Å². The summed E-state index contributed by atoms with van der Waals surface area (Å²) in [7, 11) is 0. The molecule has 3 nitrogen and oxygen atoms in total. The van der Waals surface area contributed by atoms with Crippen LogP contribution in [-0.4, -0.2) is 16.1 Å². The van der Waals surface area contributed by atoms with Crippen LogP contribution in [-0.2, 0) is 9.59 Å². The maximum absolute atomic E-state index is 10.9. The molecule has 0 fully saturated rings. The minimum atomic E-state index is -1.45. The molecule has 0 aromatic heterocycles. The summed E-state index contributed by atoms with van der Waals surface area (Å²) in [5.41, 5.74) is 0.363. The van der Waals surface area contributed by atoms with Gasteiger partial charge in [-0.05, 0) is 17.2 Å². The molecule has 0 aliphatic heterocycles. The molecule has 1 rings (SSSR count). The minimum absolute atomic E-state index is 0.363. The van der Waals surface area contributed by atoms with Crippen LogP contribution in [0.5, 0.6) is 0 Å². The van der Waals surface area contributed by atoms with E-state index in [1.54, 1.807) is 30.3 Å². The maximum atomic E-state index is 10.9. The van der Waals surface area contributed by atoms with Crippen LogP contribution in [0.1, 0.15) is 11.7 Å². The van der Waals surface area contributed by atoms with E-state index in [-0.39, 0.29) is 0 Å². The first-order valence-corrected chi connectivity index (χ1v) is 3.97. The molecule has 0 saturated heterocycles. The van der Waals surface area contributed by atoms with Crippen molar-refractivity contribution >= 4 is 22.6 Å². The van der Waals surface area contributed by atoms with Crippen LogP contribution in [0.15, 0.2) is 30.3 Å². The largest absolute Gasteiger partial charge is 0.380 e. The lowest BCUT2D eigenvalue weighted by molar-refractivity contribution is -0.137. The SMILES string of the molecule is O=C(Cl)C(=O)C(O)c1ccccc1. The number of ketones is 1. The number of rotatable bonds is 3. The summed E-state index contributed by atoms with van der Waals surface area (Å²) in [6, 6.07) is 8.14. The summed E-state index contributed by atoms with van der Waals surface area (Å²) in [5, 5.41) is 8.15. The number of aliphatic hydroxyl groups is 1. The minimum Gasteiger partial charge on any atom is -0.380 e. The number of hydrogen-bond donors (Lipinski definition) is 1. The molecule has 1 aromatic carbocycles. The molecular formula is C9H7ClO3. The molecule has 0 bridgehead atoms. The maximum Gasteiger partial charge on any atom is 0.291 e. The molecule has 1 N–H and O–H groups in total. The van der Waals surface area contributed by atoms with Crippen LogP contribution in [0.3, 0.4) is 0 Å². The van der Waals surface area contributed by atoms with E-state index in [1.165, 1.54) is 0 Å². The van der Waals surface area contributed by atoms with Gasteiger partial charge in [0, 0.05) is 0 Å². The van der Waals surface area contributed by atoms with E-state index in [9.17, 15) is 14.7 Å². The van der Waals surface area contributed by atoms with Crippen molar-refractivity contribution in [3.63, 3.8) is 0 Å². The summed E-state index contributed by atoms with van der Waals surface area (Å²) in [4.78, 5) is 21.3. The standard InChI is InChI=1S/C9H7ClO3/c10-9(13)8(12)7(11)6-4-2-1-3-5-6/h1-5,7,11H. The molecule has 1 atom stereocenters. The van der Waals surface area contributed by atoms with Gasteiger partial charge >= 0.3 is 0 Å². The lowest BCUT2D eigenvalue weighted by Gasteiger charge is -2.05. The van der Waals surface area contributed by atoms with Crippen molar-refractivity contribution in [3.8, 4) is 0 Å². The zero-order valence-electron chi connectivity index (χ0n) is 6.61. The molecule has 0 amide bonds. The van der Waals surface area contributed by atoms with Gasteiger partial charge in [0.25, 0.3) is 5.24 Å². The Labute approximate surface area is 79.9 Å². The fraction of sp³-hybridized carbons (Fsp3) is 0.111. The van der Waals surface area contributed by atoms with Gasteiger partial charge in [-0.3, -0.25) is 9.59 Å². The van der Waals surface area contributed by atoms with Gasteiger partial charge in [-0.1, -0.05) is 30.3 Å². The number of Topliss-reactive ketones (excluding diaryl/α,β-unsaturated/α-hetero) is 1. The zero-order chi connectivity index (χ0) is 9.84. The molecule has 0 spiro atoms. The van der Waals surface area contributed by atoms with Crippen molar-refractivity contribution in [3.05, 3.63) is 35.9 Å². The van der Waals surface area contributed by atoms with Crippen molar-refractivity contribution in [1.29, 1.82) is 0 Å². The van der Waals surface area contributed by atoms with Crippen molar-refractivity contribution in [2.24, 2.45) is 0 Å². The van der Waals surface area contributed by atoms with Gasteiger partial charge in [0.15, 0.2) is 0 Å². The summed E-state index contributed by atoms with van der Waals surface area (Å²) in [6.07, 6.45) is -1.45. The summed E-state index contributed by atoms with van der Waals surface area (Å²) < 4.78 is 0. The second-order valence-electron chi connectivity index (χ2n) is 2.45. The van der Waals surface area contributed by atoms with Crippen LogP contribution in [0.25, 0.3) is 0 Å². The smallest absolute Gasteiger partial charge is 0.291 e. The van der Waals surface area contributed by atoms with Crippen molar-refractivity contribution in [2.75, 3.05) is 0 Å². The van der Waals surface area contributed by atoms with E-state index < -0.39 is 17.1 Å². The van der Waals surface area contributed by atoms with Gasteiger partial charge in [-0.25, -0.2) is 0 Å². The van der Waals surface area contributed by atoms with Crippen molar-refractivity contribution < 1.29 is 14.7 Å². The quantitative estimate of drug-likeness (QED) is 0.584. The Balaban J connectivity index is 2.86.